The van der Waals surface area contributed by atoms with Gasteiger partial charge in [-0.25, -0.2) is 24.9 Å². The fourth-order valence-electron chi connectivity index (χ4n) is 1.58. The van der Waals surface area contributed by atoms with E-state index in [1.807, 2.05) is 0 Å². The summed E-state index contributed by atoms with van der Waals surface area (Å²) < 4.78 is 64.2. The number of nitrogens with one attached hydrogen (secondary N) is 2. The van der Waals surface area contributed by atoms with Crippen molar-refractivity contribution in [2.75, 3.05) is 5.73 Å². The van der Waals surface area contributed by atoms with Crippen LogP contribution in [0.4, 0.5) is 23.7 Å². The van der Waals surface area contributed by atoms with Crippen molar-refractivity contribution < 1.29 is 31.1 Å². The highest BCUT2D eigenvalue weighted by atomic mass is 32.2. The Bertz CT molecular complexity index is 868. The Labute approximate surface area is 151 Å². The highest BCUT2D eigenvalue weighted by Crippen LogP contribution is 2.26. The van der Waals surface area contributed by atoms with Crippen LogP contribution in [0.1, 0.15) is 0 Å². The minimum absolute atomic E-state index is 0.146. The first-order valence-corrected chi connectivity index (χ1v) is 8.26. The molecule has 0 spiro atoms. The molecule has 0 saturated carbocycles. The molecule has 8 N–H and O–H groups in total. The molecule has 10 nitrogen and oxygen atoms in total. The smallest absolute Gasteiger partial charge is 0.406 e. The van der Waals surface area contributed by atoms with Gasteiger partial charge in [0.25, 0.3) is 0 Å². The topological polar surface area (TPSA) is 175 Å². The van der Waals surface area contributed by atoms with Gasteiger partial charge >= 0.3 is 12.4 Å². The summed E-state index contributed by atoms with van der Waals surface area (Å²) in [5.41, 5.74) is 9.09. The lowest BCUT2D eigenvalue weighted by Crippen LogP contribution is -2.43. The van der Waals surface area contributed by atoms with Crippen LogP contribution in [0.3, 0.4) is 0 Å². The molecular weight excluding hydrogens is 393 g/mol. The number of pyridine rings is 1. The van der Waals surface area contributed by atoms with Gasteiger partial charge in [-0.3, -0.25) is 15.8 Å². The van der Waals surface area contributed by atoms with Gasteiger partial charge in [-0.2, -0.15) is 0 Å². The Morgan fingerprint density at radius 1 is 1.04 bits per heavy atom. The number of nitrogens with zero attached hydrogens (tertiary/aromatic N) is 1. The highest BCUT2D eigenvalue weighted by Gasteiger charge is 2.31. The predicted molar refractivity (Wildman–Crippen MR) is 87.3 cm³/mol. The van der Waals surface area contributed by atoms with Crippen LogP contribution in [0.5, 0.6) is 5.75 Å². The molecule has 27 heavy (non-hydrogen) atoms. The number of sulfone groups is 1. The summed E-state index contributed by atoms with van der Waals surface area (Å²) in [6.07, 6.45) is -2.46. The van der Waals surface area contributed by atoms with Crippen LogP contribution in [-0.2, 0) is 9.84 Å². The number of nitrogen functional groups attached to an aromatic ring is 1. The number of hydrogen-bond donors (Lipinski definition) is 5. The maximum atomic E-state index is 12.2. The molecule has 1 aromatic heterocycles. The minimum Gasteiger partial charge on any atom is -0.406 e. The van der Waals surface area contributed by atoms with E-state index < -0.39 is 28.0 Å². The third-order valence-corrected chi connectivity index (χ3v) is 4.41. The Balaban J connectivity index is 0.000000527. The van der Waals surface area contributed by atoms with Crippen molar-refractivity contribution in [3.8, 4) is 5.75 Å². The second-order valence-corrected chi connectivity index (χ2v) is 6.54. The molecule has 2 aromatic rings. The van der Waals surface area contributed by atoms with Crippen molar-refractivity contribution in [2.45, 2.75) is 16.2 Å². The predicted octanol–water partition coefficient (Wildman–Crippen LogP) is 0.428. The molecular formula is C13H15F3N6O4S. The van der Waals surface area contributed by atoms with E-state index in [9.17, 15) is 26.4 Å². The van der Waals surface area contributed by atoms with Gasteiger partial charge in [0.1, 0.15) is 5.75 Å². The summed E-state index contributed by atoms with van der Waals surface area (Å²) in [5.74, 6) is 8.57. The standard InChI is InChI=1S/C12H9F3N2O3S.CH6N4O/c13-12(14,15)20-9-1-3-10(4-2-9)21(18,19)11-5-8(16)6-17-7-11;2-4-1(6)5-3/h1-7H,16H2;2-3H2,(H2,4,5,6). The van der Waals surface area contributed by atoms with Gasteiger partial charge in [-0.1, -0.05) is 0 Å². The van der Waals surface area contributed by atoms with Crippen LogP contribution in [0.2, 0.25) is 0 Å². The average molecular weight is 408 g/mol. The molecule has 0 saturated heterocycles. The second kappa shape index (κ2) is 9.02. The Kier molecular flexibility index (Phi) is 7.33. The Hall–Kier alpha value is -3.10. The number of hydrazine groups is 2. The van der Waals surface area contributed by atoms with Gasteiger partial charge in [0.05, 0.1) is 15.5 Å². The average Bonchev–Trinajstić information content (AvgIpc) is 2.60. The minimum atomic E-state index is -4.84. The van der Waals surface area contributed by atoms with Gasteiger partial charge in [0, 0.05) is 12.4 Å². The maximum absolute atomic E-state index is 12.2. The van der Waals surface area contributed by atoms with E-state index in [0.29, 0.717) is 0 Å². The molecule has 2 amide bonds. The number of hydrogen-bond acceptors (Lipinski definition) is 8. The van der Waals surface area contributed by atoms with Gasteiger partial charge in [-0.15, -0.1) is 13.2 Å². The fourth-order valence-corrected chi connectivity index (χ4v) is 2.84. The zero-order valence-electron chi connectivity index (χ0n) is 13.4. The third-order valence-electron chi connectivity index (χ3n) is 2.67. The first kappa shape index (κ1) is 21.9. The summed E-state index contributed by atoms with van der Waals surface area (Å²) in [4.78, 5) is 13.0. The summed E-state index contributed by atoms with van der Waals surface area (Å²) in [5, 5.41) is 0. The first-order valence-electron chi connectivity index (χ1n) is 6.78. The van der Waals surface area contributed by atoms with Crippen molar-refractivity contribution in [1.29, 1.82) is 0 Å². The molecule has 1 heterocycles. The molecule has 148 valence electrons. The Morgan fingerprint density at radius 2 is 1.59 bits per heavy atom. The summed E-state index contributed by atoms with van der Waals surface area (Å²) in [6.45, 7) is 0. The van der Waals surface area contributed by atoms with Crippen LogP contribution in [-0.4, -0.2) is 25.8 Å². The maximum Gasteiger partial charge on any atom is 0.573 e. The number of rotatable bonds is 3. The number of nitrogens with two attached hydrogens (primary N) is 3. The van der Waals surface area contributed by atoms with E-state index in [4.69, 9.17) is 5.73 Å². The lowest BCUT2D eigenvalue weighted by molar-refractivity contribution is -0.274. The number of ether oxygens (including phenoxy) is 1. The lowest BCUT2D eigenvalue weighted by Gasteiger charge is -2.09. The van der Waals surface area contributed by atoms with E-state index >= 15 is 0 Å². The number of urea groups is 1. The van der Waals surface area contributed by atoms with Crippen LogP contribution < -0.4 is 33.0 Å². The van der Waals surface area contributed by atoms with Crippen LogP contribution in [0.25, 0.3) is 0 Å². The molecule has 0 bridgehead atoms. The Morgan fingerprint density at radius 3 is 2.00 bits per heavy atom. The SMILES string of the molecule is NNC(=O)NN.Nc1cncc(S(=O)(=O)c2ccc(OC(F)(F)F)cc2)c1. The number of benzene rings is 1. The molecule has 0 unspecified atom stereocenters. The van der Waals surface area contributed by atoms with Gasteiger partial charge in [0.15, 0.2) is 0 Å². The lowest BCUT2D eigenvalue weighted by atomic mass is 10.3. The van der Waals surface area contributed by atoms with Crippen LogP contribution in [0, 0.1) is 0 Å². The third kappa shape index (κ3) is 6.96. The summed E-state index contributed by atoms with van der Waals surface area (Å²) >= 11 is 0. The van der Waals surface area contributed by atoms with E-state index in [0.717, 1.165) is 30.5 Å². The number of amides is 2. The molecule has 0 fully saturated rings. The summed E-state index contributed by atoms with van der Waals surface area (Å²) in [6, 6.07) is 4.47. The normalized spacial score (nSPS) is 11.0. The monoisotopic (exact) mass is 408 g/mol. The van der Waals surface area contributed by atoms with Crippen molar-refractivity contribution >= 4 is 21.6 Å². The van der Waals surface area contributed by atoms with E-state index in [1.165, 1.54) is 12.3 Å². The second-order valence-electron chi connectivity index (χ2n) is 4.59. The van der Waals surface area contributed by atoms with Gasteiger partial charge in [0.2, 0.25) is 9.84 Å². The molecule has 0 aliphatic rings. The van der Waals surface area contributed by atoms with Gasteiger partial charge in [-0.05, 0) is 30.3 Å². The number of alkyl halides is 3. The number of carbonyl (C=O) groups excluding carboxylic acids is 1. The number of anilines is 1. The van der Waals surface area contributed by atoms with Crippen molar-refractivity contribution in [3.05, 3.63) is 42.7 Å². The number of halogens is 3. The van der Waals surface area contributed by atoms with E-state index in [2.05, 4.69) is 21.4 Å². The van der Waals surface area contributed by atoms with Crippen molar-refractivity contribution in [1.82, 2.24) is 15.8 Å². The van der Waals surface area contributed by atoms with Gasteiger partial charge < -0.3 is 10.5 Å². The number of carbonyl (C=O) groups is 1. The van der Waals surface area contributed by atoms with E-state index in [1.54, 1.807) is 10.9 Å². The zero-order chi connectivity index (χ0) is 20.7. The summed E-state index contributed by atoms with van der Waals surface area (Å²) in [7, 11) is -3.90. The van der Waals surface area contributed by atoms with Crippen LogP contribution in [0.15, 0.2) is 52.5 Å². The van der Waals surface area contributed by atoms with Crippen LogP contribution >= 0.6 is 0 Å². The largest absolute Gasteiger partial charge is 0.573 e. The molecule has 0 atom stereocenters. The molecule has 0 aliphatic carbocycles. The highest BCUT2D eigenvalue weighted by molar-refractivity contribution is 7.91. The number of aromatic nitrogens is 1. The van der Waals surface area contributed by atoms with E-state index in [-0.39, 0.29) is 15.5 Å². The molecule has 1 aromatic carbocycles. The molecule has 2 rings (SSSR count). The quantitative estimate of drug-likeness (QED) is 0.276. The fraction of sp³-hybridized carbons (Fsp3) is 0.0769. The molecule has 14 heteroatoms. The molecule has 0 aliphatic heterocycles. The first-order chi connectivity index (χ1) is 12.5. The van der Waals surface area contributed by atoms with Crippen molar-refractivity contribution in [3.63, 3.8) is 0 Å². The van der Waals surface area contributed by atoms with Crippen molar-refractivity contribution in [2.24, 2.45) is 11.7 Å². The molecule has 0 radical (unpaired) electrons. The zero-order valence-corrected chi connectivity index (χ0v) is 14.2.